The first-order valence-electron chi connectivity index (χ1n) is 5.75. The maximum absolute atomic E-state index is 12.0. The van der Waals surface area contributed by atoms with Crippen molar-refractivity contribution < 1.29 is 26.7 Å². The zero-order valence-electron chi connectivity index (χ0n) is 11.2. The minimum atomic E-state index is -4.49. The van der Waals surface area contributed by atoms with Crippen LogP contribution in [0.4, 0.5) is 13.2 Å². The molecule has 114 valence electrons. The van der Waals surface area contributed by atoms with E-state index in [1.165, 1.54) is 6.92 Å². The van der Waals surface area contributed by atoms with E-state index in [1.807, 2.05) is 0 Å². The number of aryl methyl sites for hydroxylation is 2. The second-order valence-corrected chi connectivity index (χ2v) is 6.06. The summed E-state index contributed by atoms with van der Waals surface area (Å²) in [5, 5.41) is 4.35. The number of aromatic nitrogens is 1. The number of carbonyl (C=O) groups excluding carboxylic acids is 1. The molecular formula is C11H15F3N2O3S. The van der Waals surface area contributed by atoms with Crippen molar-refractivity contribution in [2.75, 3.05) is 6.54 Å². The minimum absolute atomic E-state index is 0.0156. The lowest BCUT2D eigenvalue weighted by Gasteiger charge is -2.13. The van der Waals surface area contributed by atoms with Crippen LogP contribution in [0.1, 0.15) is 23.9 Å². The van der Waals surface area contributed by atoms with Crippen molar-refractivity contribution in [1.29, 1.82) is 0 Å². The number of carbonyl (C=O) groups is 1. The highest BCUT2D eigenvalue weighted by molar-refractivity contribution is 7.85. The van der Waals surface area contributed by atoms with Gasteiger partial charge in [-0.05, 0) is 20.8 Å². The lowest BCUT2D eigenvalue weighted by molar-refractivity contribution is -0.137. The molecule has 0 aliphatic carbocycles. The molecule has 1 aromatic heterocycles. The van der Waals surface area contributed by atoms with E-state index in [4.69, 9.17) is 4.52 Å². The predicted octanol–water partition coefficient (Wildman–Crippen LogP) is 1.61. The summed E-state index contributed by atoms with van der Waals surface area (Å²) in [5.74, 6) is -0.395. The van der Waals surface area contributed by atoms with E-state index in [-0.39, 0.29) is 5.75 Å². The van der Waals surface area contributed by atoms with Crippen LogP contribution in [0.15, 0.2) is 4.52 Å². The van der Waals surface area contributed by atoms with Gasteiger partial charge in [0.1, 0.15) is 17.6 Å². The molecular weight excluding hydrogens is 297 g/mol. The van der Waals surface area contributed by atoms with Crippen LogP contribution in [0, 0.1) is 13.8 Å². The van der Waals surface area contributed by atoms with Crippen molar-refractivity contribution >= 4 is 16.7 Å². The average Bonchev–Trinajstić information content (AvgIpc) is 2.65. The number of amides is 1. The highest BCUT2D eigenvalue weighted by atomic mass is 32.2. The van der Waals surface area contributed by atoms with Gasteiger partial charge in [0.25, 0.3) is 0 Å². The predicted molar refractivity (Wildman–Crippen MR) is 66.4 cm³/mol. The van der Waals surface area contributed by atoms with Gasteiger partial charge < -0.3 is 9.84 Å². The maximum Gasteiger partial charge on any atom is 0.405 e. The van der Waals surface area contributed by atoms with Gasteiger partial charge in [0.05, 0.1) is 11.4 Å². The molecule has 9 heteroatoms. The summed E-state index contributed by atoms with van der Waals surface area (Å²) in [5.41, 5.74) is 1.16. The molecule has 0 radical (unpaired) electrons. The van der Waals surface area contributed by atoms with E-state index < -0.39 is 34.7 Å². The Bertz CT molecular complexity index is 494. The number of nitrogens with one attached hydrogen (secondary N) is 1. The lowest BCUT2D eigenvalue weighted by atomic mass is 10.2. The Balaban J connectivity index is 2.61. The molecule has 0 aliphatic heterocycles. The summed E-state index contributed by atoms with van der Waals surface area (Å²) in [6.07, 6.45) is -4.49. The monoisotopic (exact) mass is 312 g/mol. The van der Waals surface area contributed by atoms with Crippen molar-refractivity contribution in [2.45, 2.75) is 38.0 Å². The smallest absolute Gasteiger partial charge is 0.361 e. The summed E-state index contributed by atoms with van der Waals surface area (Å²) >= 11 is 0. The van der Waals surface area contributed by atoms with E-state index >= 15 is 0 Å². The van der Waals surface area contributed by atoms with E-state index in [2.05, 4.69) is 5.16 Å². The fourth-order valence-corrected chi connectivity index (χ4v) is 2.69. The molecule has 20 heavy (non-hydrogen) atoms. The van der Waals surface area contributed by atoms with Gasteiger partial charge in [-0.2, -0.15) is 13.2 Å². The van der Waals surface area contributed by atoms with Gasteiger partial charge in [0.15, 0.2) is 0 Å². The molecule has 0 spiro atoms. The van der Waals surface area contributed by atoms with Crippen LogP contribution in [0.2, 0.25) is 0 Å². The van der Waals surface area contributed by atoms with E-state index in [1.54, 1.807) is 19.2 Å². The minimum Gasteiger partial charge on any atom is -0.361 e. The SMILES string of the molecule is Cc1noc(C)c1C[S@@](=O)[C@H](C)C(=O)NCC(F)(F)F. The van der Waals surface area contributed by atoms with Gasteiger partial charge in [-0.25, -0.2) is 0 Å². The van der Waals surface area contributed by atoms with Crippen molar-refractivity contribution in [3.05, 3.63) is 17.0 Å². The van der Waals surface area contributed by atoms with Crippen molar-refractivity contribution in [3.63, 3.8) is 0 Å². The Morgan fingerprint density at radius 2 is 2.05 bits per heavy atom. The second-order valence-electron chi connectivity index (χ2n) is 4.30. The van der Waals surface area contributed by atoms with Crippen LogP contribution < -0.4 is 5.32 Å². The van der Waals surface area contributed by atoms with Crippen LogP contribution in [-0.2, 0) is 21.3 Å². The van der Waals surface area contributed by atoms with Crippen LogP contribution >= 0.6 is 0 Å². The van der Waals surface area contributed by atoms with E-state index in [9.17, 15) is 22.2 Å². The van der Waals surface area contributed by atoms with Gasteiger partial charge >= 0.3 is 6.18 Å². The van der Waals surface area contributed by atoms with Crippen LogP contribution in [-0.4, -0.2) is 33.2 Å². The molecule has 1 N–H and O–H groups in total. The normalized spacial score (nSPS) is 14.9. The molecule has 0 aliphatic rings. The first kappa shape index (κ1) is 16.7. The molecule has 0 bridgehead atoms. The lowest BCUT2D eigenvalue weighted by Crippen LogP contribution is -2.40. The van der Waals surface area contributed by atoms with Crippen LogP contribution in [0.5, 0.6) is 0 Å². The van der Waals surface area contributed by atoms with Crippen molar-refractivity contribution in [1.82, 2.24) is 10.5 Å². The quantitative estimate of drug-likeness (QED) is 0.896. The Morgan fingerprint density at radius 3 is 2.50 bits per heavy atom. The molecule has 0 saturated heterocycles. The molecule has 0 unspecified atom stereocenters. The molecule has 0 fully saturated rings. The molecule has 2 atom stereocenters. The van der Waals surface area contributed by atoms with Gasteiger partial charge in [-0.1, -0.05) is 5.16 Å². The summed E-state index contributed by atoms with van der Waals surface area (Å²) in [4.78, 5) is 11.5. The summed E-state index contributed by atoms with van der Waals surface area (Å²) in [7, 11) is -1.65. The summed E-state index contributed by atoms with van der Waals surface area (Å²) in [6, 6.07) is 0. The van der Waals surface area contributed by atoms with Gasteiger partial charge in [-0.15, -0.1) is 0 Å². The fraction of sp³-hybridized carbons (Fsp3) is 0.636. The van der Waals surface area contributed by atoms with Crippen LogP contribution in [0.25, 0.3) is 0 Å². The number of rotatable bonds is 5. The van der Waals surface area contributed by atoms with Gasteiger partial charge in [0.2, 0.25) is 5.91 Å². The molecule has 1 rings (SSSR count). The Kier molecular flexibility index (Phi) is 5.32. The van der Waals surface area contributed by atoms with E-state index in [0.29, 0.717) is 17.0 Å². The maximum atomic E-state index is 12.0. The largest absolute Gasteiger partial charge is 0.405 e. The standard InChI is InChI=1S/C11H15F3N2O3S/c1-6-9(7(2)19-16-6)4-20(18)8(3)10(17)15-5-11(12,13)14/h8H,4-5H2,1-3H3,(H,15,17)/t8-,20-/m1/s1. The molecule has 1 amide bonds. The third kappa shape index (κ3) is 4.62. The summed E-state index contributed by atoms with van der Waals surface area (Å²) < 4.78 is 52.8. The molecule has 5 nitrogen and oxygen atoms in total. The average molecular weight is 312 g/mol. The number of halogens is 3. The number of hydrogen-bond donors (Lipinski definition) is 1. The highest BCUT2D eigenvalue weighted by Crippen LogP contribution is 2.17. The molecule has 1 aromatic rings. The van der Waals surface area contributed by atoms with Gasteiger partial charge in [0, 0.05) is 16.4 Å². The zero-order valence-corrected chi connectivity index (χ0v) is 12.0. The number of nitrogens with zero attached hydrogens (tertiary/aromatic N) is 1. The molecule has 0 aromatic carbocycles. The van der Waals surface area contributed by atoms with Crippen LogP contribution in [0.3, 0.4) is 0 Å². The Labute approximate surface area is 116 Å². The Morgan fingerprint density at radius 1 is 1.45 bits per heavy atom. The van der Waals surface area contributed by atoms with Crippen molar-refractivity contribution in [2.24, 2.45) is 0 Å². The molecule has 0 saturated carbocycles. The highest BCUT2D eigenvalue weighted by Gasteiger charge is 2.30. The fourth-order valence-electron chi connectivity index (χ4n) is 1.43. The first-order chi connectivity index (χ1) is 9.11. The number of hydrogen-bond acceptors (Lipinski definition) is 4. The summed E-state index contributed by atoms with van der Waals surface area (Å²) in [6.45, 7) is 3.19. The first-order valence-corrected chi connectivity index (χ1v) is 7.13. The van der Waals surface area contributed by atoms with Crippen molar-refractivity contribution in [3.8, 4) is 0 Å². The second kappa shape index (κ2) is 6.38. The topological polar surface area (TPSA) is 72.2 Å². The third-order valence-corrected chi connectivity index (χ3v) is 4.27. The van der Waals surface area contributed by atoms with E-state index in [0.717, 1.165) is 0 Å². The number of alkyl halides is 3. The third-order valence-electron chi connectivity index (χ3n) is 2.69. The van der Waals surface area contributed by atoms with Gasteiger partial charge in [-0.3, -0.25) is 9.00 Å². The Hall–Kier alpha value is -1.38. The molecule has 1 heterocycles. The zero-order chi connectivity index (χ0) is 15.5.